The maximum Gasteiger partial charge on any atom is 0.259 e. The zero-order valence-electron chi connectivity index (χ0n) is 17.8. The van der Waals surface area contributed by atoms with Crippen LogP contribution in [0.1, 0.15) is 57.9 Å². The molecule has 1 aliphatic carbocycles. The Morgan fingerprint density at radius 3 is 2.37 bits per heavy atom. The lowest BCUT2D eigenvalue weighted by Gasteiger charge is -2.42. The lowest BCUT2D eigenvalue weighted by Crippen LogP contribution is -2.49. The summed E-state index contributed by atoms with van der Waals surface area (Å²) in [5.41, 5.74) is 9.71. The number of halogens is 1. The number of primary amides is 1. The predicted molar refractivity (Wildman–Crippen MR) is 116 cm³/mol. The van der Waals surface area contributed by atoms with E-state index < -0.39 is 11.7 Å². The van der Waals surface area contributed by atoms with Crippen LogP contribution < -0.4 is 10.6 Å². The maximum atomic E-state index is 13.8. The molecule has 2 N–H and O–H groups in total. The van der Waals surface area contributed by atoms with Crippen LogP contribution in [0.15, 0.2) is 35.4 Å². The Labute approximate surface area is 177 Å². The van der Waals surface area contributed by atoms with Gasteiger partial charge in [-0.15, -0.1) is 0 Å². The summed E-state index contributed by atoms with van der Waals surface area (Å²) in [6.07, 6.45) is 7.67. The van der Waals surface area contributed by atoms with Crippen molar-refractivity contribution < 1.29 is 14.0 Å². The molecular weight excluding hydrogens is 381 g/mol. The molecule has 3 aliphatic rings. The minimum atomic E-state index is -0.696. The Kier molecular flexibility index (Phi) is 5.78. The van der Waals surface area contributed by atoms with Gasteiger partial charge >= 0.3 is 0 Å². The quantitative estimate of drug-likeness (QED) is 0.608. The molecular formula is C24H30FN3O2. The normalized spacial score (nSPS) is 24.4. The third-order valence-electron chi connectivity index (χ3n) is 6.89. The summed E-state index contributed by atoms with van der Waals surface area (Å²) in [6.45, 7) is 6.32. The van der Waals surface area contributed by atoms with E-state index in [0.717, 1.165) is 32.0 Å². The van der Waals surface area contributed by atoms with Gasteiger partial charge in [-0.3, -0.25) is 9.59 Å². The van der Waals surface area contributed by atoms with Crippen molar-refractivity contribution in [3.05, 3.63) is 46.8 Å². The maximum absolute atomic E-state index is 13.8. The minimum Gasteiger partial charge on any atom is -0.366 e. The van der Waals surface area contributed by atoms with E-state index in [1.54, 1.807) is 16.5 Å². The van der Waals surface area contributed by atoms with Crippen LogP contribution in [-0.2, 0) is 9.59 Å². The van der Waals surface area contributed by atoms with Crippen LogP contribution in [0.5, 0.6) is 0 Å². The number of fused-ring (bicyclic) bond motifs is 1. The fourth-order valence-electron chi connectivity index (χ4n) is 5.26. The second-order valence-corrected chi connectivity index (χ2v) is 8.90. The van der Waals surface area contributed by atoms with Gasteiger partial charge in [0.15, 0.2) is 0 Å². The summed E-state index contributed by atoms with van der Waals surface area (Å²) >= 11 is 0. The first kappa shape index (κ1) is 20.8. The monoisotopic (exact) mass is 411 g/mol. The van der Waals surface area contributed by atoms with Gasteiger partial charge in [-0.25, -0.2) is 4.39 Å². The van der Waals surface area contributed by atoms with Crippen LogP contribution in [0.2, 0.25) is 0 Å². The molecule has 1 saturated carbocycles. The van der Waals surface area contributed by atoms with Crippen molar-refractivity contribution in [3.8, 4) is 0 Å². The highest BCUT2D eigenvalue weighted by Crippen LogP contribution is 2.40. The summed E-state index contributed by atoms with van der Waals surface area (Å²) in [5.74, 6) is -1.38. The molecule has 2 heterocycles. The van der Waals surface area contributed by atoms with E-state index >= 15 is 0 Å². The van der Waals surface area contributed by atoms with Crippen molar-refractivity contribution in [1.82, 2.24) is 4.90 Å². The van der Waals surface area contributed by atoms with E-state index in [0.29, 0.717) is 17.3 Å². The molecule has 0 atom stereocenters. The largest absolute Gasteiger partial charge is 0.366 e. The van der Waals surface area contributed by atoms with Crippen LogP contribution in [0, 0.1) is 5.82 Å². The molecule has 0 spiro atoms. The number of rotatable bonds is 3. The number of benzene rings is 1. The molecule has 0 unspecified atom stereocenters. The standard InChI is InChI=1S/C24H30FN3O2/c1-15(2)16-3-6-18(7-4-16)27-11-9-19(10-12-27)28-22-8-5-17(25)13-20(22)21(24(28)30)14-23(26)29/h5,8,13-14,18-19H,3-4,6-7,9-12H2,1-2H3,(H2,26,29). The molecule has 6 heteroatoms. The van der Waals surface area contributed by atoms with Crippen LogP contribution >= 0.6 is 0 Å². The fraction of sp³-hybridized carbons (Fsp3) is 0.500. The molecule has 160 valence electrons. The number of amides is 2. The second kappa shape index (κ2) is 8.34. The summed E-state index contributed by atoms with van der Waals surface area (Å²) in [4.78, 5) is 28.9. The smallest absolute Gasteiger partial charge is 0.259 e. The third kappa shape index (κ3) is 3.93. The van der Waals surface area contributed by atoms with E-state index in [2.05, 4.69) is 18.7 Å². The topological polar surface area (TPSA) is 66.6 Å². The van der Waals surface area contributed by atoms with Crippen LogP contribution in [0.4, 0.5) is 10.1 Å². The average molecular weight is 412 g/mol. The van der Waals surface area contributed by atoms with Gasteiger partial charge < -0.3 is 15.5 Å². The lowest BCUT2D eigenvalue weighted by molar-refractivity contribution is -0.115. The number of nitrogens with two attached hydrogens (primary N) is 1. The number of piperidine rings is 1. The van der Waals surface area contributed by atoms with Crippen LogP contribution in [-0.4, -0.2) is 41.9 Å². The second-order valence-electron chi connectivity index (χ2n) is 8.90. The summed E-state index contributed by atoms with van der Waals surface area (Å²) in [7, 11) is 0. The molecule has 4 rings (SSSR count). The van der Waals surface area contributed by atoms with E-state index in [1.807, 2.05) is 0 Å². The van der Waals surface area contributed by atoms with E-state index in [4.69, 9.17) is 5.73 Å². The number of hydrogen-bond donors (Lipinski definition) is 1. The summed E-state index contributed by atoms with van der Waals surface area (Å²) in [6, 6.07) is 4.99. The minimum absolute atomic E-state index is 0.0497. The van der Waals surface area contributed by atoms with Gasteiger partial charge in [0.2, 0.25) is 5.91 Å². The zero-order chi connectivity index (χ0) is 21.4. The van der Waals surface area contributed by atoms with Crippen LogP contribution in [0.25, 0.3) is 5.57 Å². The van der Waals surface area contributed by atoms with Crippen molar-refractivity contribution in [2.24, 2.45) is 5.73 Å². The molecule has 0 aromatic heterocycles. The van der Waals surface area contributed by atoms with Gasteiger partial charge in [-0.1, -0.05) is 11.1 Å². The van der Waals surface area contributed by atoms with Gasteiger partial charge in [0.1, 0.15) is 5.82 Å². The fourth-order valence-corrected chi connectivity index (χ4v) is 5.26. The number of carbonyl (C=O) groups is 2. The molecule has 2 aliphatic heterocycles. The molecule has 1 saturated heterocycles. The van der Waals surface area contributed by atoms with E-state index in [-0.39, 0.29) is 17.5 Å². The molecule has 0 radical (unpaired) electrons. The van der Waals surface area contributed by atoms with Crippen molar-refractivity contribution in [2.75, 3.05) is 18.0 Å². The van der Waals surface area contributed by atoms with Gasteiger partial charge in [0, 0.05) is 36.8 Å². The number of carbonyl (C=O) groups excluding carboxylic acids is 2. The molecule has 2 fully saturated rings. The highest BCUT2D eigenvalue weighted by atomic mass is 19.1. The average Bonchev–Trinajstić information content (AvgIpc) is 2.99. The zero-order valence-corrected chi connectivity index (χ0v) is 17.8. The lowest BCUT2D eigenvalue weighted by atomic mass is 9.86. The van der Waals surface area contributed by atoms with Gasteiger partial charge in [-0.2, -0.15) is 0 Å². The first-order valence-corrected chi connectivity index (χ1v) is 10.9. The first-order chi connectivity index (χ1) is 14.3. The SMILES string of the molecule is CC(C)=C1CCC(N2CCC(N3C(=O)C(=CC(N)=O)c4cc(F)ccc43)CC2)CC1. The summed E-state index contributed by atoms with van der Waals surface area (Å²) in [5, 5.41) is 0. The predicted octanol–water partition coefficient (Wildman–Crippen LogP) is 3.78. The number of allylic oxidation sites excluding steroid dienone is 2. The molecule has 1 aromatic carbocycles. The number of nitrogens with zero attached hydrogens (tertiary/aromatic N) is 2. The highest BCUT2D eigenvalue weighted by Gasteiger charge is 2.39. The van der Waals surface area contributed by atoms with Crippen molar-refractivity contribution in [2.45, 2.75) is 64.5 Å². The van der Waals surface area contributed by atoms with Gasteiger partial charge in [-0.05, 0) is 70.6 Å². The molecule has 2 amide bonds. The molecule has 30 heavy (non-hydrogen) atoms. The summed E-state index contributed by atoms with van der Waals surface area (Å²) < 4.78 is 13.8. The Bertz CT molecular complexity index is 914. The Balaban J connectivity index is 1.47. The van der Waals surface area contributed by atoms with E-state index in [9.17, 15) is 14.0 Å². The van der Waals surface area contributed by atoms with Crippen molar-refractivity contribution >= 4 is 23.1 Å². The van der Waals surface area contributed by atoms with Gasteiger partial charge in [0.25, 0.3) is 5.91 Å². The molecule has 5 nitrogen and oxygen atoms in total. The number of likely N-dealkylation sites (tertiary alicyclic amines) is 1. The molecule has 1 aromatic rings. The Morgan fingerprint density at radius 1 is 1.10 bits per heavy atom. The Hall–Kier alpha value is -2.47. The first-order valence-electron chi connectivity index (χ1n) is 10.9. The van der Waals surface area contributed by atoms with E-state index in [1.165, 1.54) is 43.4 Å². The van der Waals surface area contributed by atoms with Crippen molar-refractivity contribution in [3.63, 3.8) is 0 Å². The Morgan fingerprint density at radius 2 is 1.77 bits per heavy atom. The molecule has 0 bridgehead atoms. The van der Waals surface area contributed by atoms with Gasteiger partial charge in [0.05, 0.1) is 11.3 Å². The number of anilines is 1. The highest BCUT2D eigenvalue weighted by molar-refractivity contribution is 6.35. The number of hydrogen-bond acceptors (Lipinski definition) is 3. The third-order valence-corrected chi connectivity index (χ3v) is 6.89. The van der Waals surface area contributed by atoms with Crippen LogP contribution in [0.3, 0.4) is 0 Å². The van der Waals surface area contributed by atoms with Crippen molar-refractivity contribution in [1.29, 1.82) is 0 Å².